The first-order valence-corrected chi connectivity index (χ1v) is 5.80. The van der Waals surface area contributed by atoms with Crippen LogP contribution in [0.15, 0.2) is 24.5 Å². The number of nitrogens with two attached hydrogens (primary N) is 1. The lowest BCUT2D eigenvalue weighted by Crippen LogP contribution is -2.48. The third-order valence-electron chi connectivity index (χ3n) is 2.79. The number of pyridine rings is 1. The summed E-state index contributed by atoms with van der Waals surface area (Å²) in [6, 6.07) is 3.32. The van der Waals surface area contributed by atoms with E-state index in [0.29, 0.717) is 6.42 Å². The van der Waals surface area contributed by atoms with E-state index in [1.165, 1.54) is 0 Å². The number of aliphatic hydroxyl groups is 1. The predicted octanol–water partition coefficient (Wildman–Crippen LogP) is -0.409. The number of carbonyl (C=O) groups excluding carboxylic acids is 1. The molecule has 0 aromatic carbocycles. The van der Waals surface area contributed by atoms with Crippen molar-refractivity contribution in [1.29, 1.82) is 0 Å². The molecule has 1 unspecified atom stereocenters. The molecule has 2 atom stereocenters. The summed E-state index contributed by atoms with van der Waals surface area (Å²) in [5, 5.41) is 12.5. The lowest BCUT2D eigenvalue weighted by Gasteiger charge is -2.18. The zero-order valence-electron chi connectivity index (χ0n) is 9.54. The van der Waals surface area contributed by atoms with Crippen molar-refractivity contribution in [2.24, 2.45) is 5.73 Å². The van der Waals surface area contributed by atoms with Crippen LogP contribution < -0.4 is 11.1 Å². The topological polar surface area (TPSA) is 88.2 Å². The molecule has 1 heterocycles. The van der Waals surface area contributed by atoms with Crippen LogP contribution in [0.1, 0.15) is 18.4 Å². The molecular formula is C12H17N3O2. The zero-order valence-corrected chi connectivity index (χ0v) is 9.54. The van der Waals surface area contributed by atoms with E-state index in [-0.39, 0.29) is 11.9 Å². The van der Waals surface area contributed by atoms with E-state index < -0.39 is 12.1 Å². The smallest absolute Gasteiger partial charge is 0.250 e. The zero-order chi connectivity index (χ0) is 12.3. The molecular weight excluding hydrogens is 218 g/mol. The van der Waals surface area contributed by atoms with Crippen molar-refractivity contribution in [3.63, 3.8) is 0 Å². The fraction of sp³-hybridized carbons (Fsp3) is 0.500. The fourth-order valence-corrected chi connectivity index (χ4v) is 1.61. The number of hydrogen-bond acceptors (Lipinski definition) is 4. The highest BCUT2D eigenvalue weighted by atomic mass is 16.3. The number of rotatable bonds is 5. The van der Waals surface area contributed by atoms with Crippen LogP contribution in [0.2, 0.25) is 0 Å². The maximum absolute atomic E-state index is 11.6. The molecule has 5 heteroatoms. The van der Waals surface area contributed by atoms with E-state index in [1.807, 2.05) is 6.07 Å². The molecule has 0 radical (unpaired) electrons. The fourth-order valence-electron chi connectivity index (χ4n) is 1.61. The maximum atomic E-state index is 11.6. The second-order valence-electron chi connectivity index (χ2n) is 4.46. The van der Waals surface area contributed by atoms with Gasteiger partial charge in [-0.25, -0.2) is 0 Å². The first-order chi connectivity index (χ1) is 8.16. The minimum Gasteiger partial charge on any atom is -0.382 e. The molecule has 5 nitrogen and oxygen atoms in total. The van der Waals surface area contributed by atoms with Gasteiger partial charge in [-0.15, -0.1) is 0 Å². The highest BCUT2D eigenvalue weighted by Crippen LogP contribution is 2.18. The molecule has 0 bridgehead atoms. The van der Waals surface area contributed by atoms with Gasteiger partial charge in [0, 0.05) is 24.5 Å². The van der Waals surface area contributed by atoms with Gasteiger partial charge in [0.1, 0.15) is 6.10 Å². The molecule has 2 rings (SSSR count). The van der Waals surface area contributed by atoms with Crippen LogP contribution in [0, 0.1) is 0 Å². The van der Waals surface area contributed by atoms with E-state index >= 15 is 0 Å². The average Bonchev–Trinajstić information content (AvgIpc) is 3.13. The quantitative estimate of drug-likeness (QED) is 0.647. The molecule has 1 aromatic heterocycles. The SMILES string of the molecule is N[C@@H](Cc1cccnc1)C(O)C(=O)NC1CC1. The molecule has 1 saturated carbocycles. The van der Waals surface area contributed by atoms with E-state index in [4.69, 9.17) is 5.73 Å². The normalized spacial score (nSPS) is 18.5. The Morgan fingerprint density at radius 1 is 1.65 bits per heavy atom. The lowest BCUT2D eigenvalue weighted by molar-refractivity contribution is -0.130. The second-order valence-corrected chi connectivity index (χ2v) is 4.46. The molecule has 4 N–H and O–H groups in total. The third kappa shape index (κ3) is 3.51. The molecule has 92 valence electrons. The van der Waals surface area contributed by atoms with Crippen molar-refractivity contribution >= 4 is 5.91 Å². The third-order valence-corrected chi connectivity index (χ3v) is 2.79. The summed E-state index contributed by atoms with van der Waals surface area (Å²) in [5.74, 6) is -0.371. The van der Waals surface area contributed by atoms with Gasteiger partial charge in [0.2, 0.25) is 0 Å². The number of carbonyl (C=O) groups is 1. The first-order valence-electron chi connectivity index (χ1n) is 5.80. The number of nitrogens with zero attached hydrogens (tertiary/aromatic N) is 1. The highest BCUT2D eigenvalue weighted by Gasteiger charge is 2.29. The molecule has 1 fully saturated rings. The van der Waals surface area contributed by atoms with Crippen molar-refractivity contribution in [3.8, 4) is 0 Å². The van der Waals surface area contributed by atoms with E-state index in [1.54, 1.807) is 18.5 Å². The van der Waals surface area contributed by atoms with Gasteiger partial charge in [-0.2, -0.15) is 0 Å². The molecule has 0 saturated heterocycles. The van der Waals surface area contributed by atoms with Crippen molar-refractivity contribution in [3.05, 3.63) is 30.1 Å². The summed E-state index contributed by atoms with van der Waals surface area (Å²) in [5.41, 5.74) is 6.72. The van der Waals surface area contributed by atoms with Gasteiger partial charge in [0.15, 0.2) is 0 Å². The van der Waals surface area contributed by atoms with Gasteiger partial charge >= 0.3 is 0 Å². The molecule has 1 aliphatic rings. The number of aliphatic hydroxyl groups excluding tert-OH is 1. The Bertz CT molecular complexity index is 379. The highest BCUT2D eigenvalue weighted by molar-refractivity contribution is 5.81. The minimum atomic E-state index is -1.16. The summed E-state index contributed by atoms with van der Waals surface area (Å²) in [7, 11) is 0. The Kier molecular flexibility index (Phi) is 3.71. The number of amides is 1. The number of aromatic nitrogens is 1. The summed E-state index contributed by atoms with van der Waals surface area (Å²) in [4.78, 5) is 15.5. The van der Waals surface area contributed by atoms with Crippen molar-refractivity contribution in [1.82, 2.24) is 10.3 Å². The average molecular weight is 235 g/mol. The van der Waals surface area contributed by atoms with Crippen LogP contribution in [-0.4, -0.2) is 34.2 Å². The van der Waals surface area contributed by atoms with E-state index in [9.17, 15) is 9.90 Å². The van der Waals surface area contributed by atoms with Crippen molar-refractivity contribution in [2.75, 3.05) is 0 Å². The van der Waals surface area contributed by atoms with Gasteiger partial charge in [-0.3, -0.25) is 9.78 Å². The van der Waals surface area contributed by atoms with Crippen LogP contribution in [0.3, 0.4) is 0 Å². The monoisotopic (exact) mass is 235 g/mol. The van der Waals surface area contributed by atoms with E-state index in [2.05, 4.69) is 10.3 Å². The maximum Gasteiger partial charge on any atom is 0.250 e. The number of nitrogens with one attached hydrogen (secondary N) is 1. The Morgan fingerprint density at radius 2 is 2.41 bits per heavy atom. The molecule has 0 aliphatic heterocycles. The van der Waals surface area contributed by atoms with Crippen LogP contribution in [0.4, 0.5) is 0 Å². The summed E-state index contributed by atoms with van der Waals surface area (Å²) < 4.78 is 0. The largest absolute Gasteiger partial charge is 0.382 e. The predicted molar refractivity (Wildman–Crippen MR) is 63.1 cm³/mol. The second kappa shape index (κ2) is 5.25. The molecule has 0 spiro atoms. The Hall–Kier alpha value is -1.46. The summed E-state index contributed by atoms with van der Waals surface area (Å²) >= 11 is 0. The molecule has 1 aromatic rings. The Balaban J connectivity index is 1.85. The number of hydrogen-bond donors (Lipinski definition) is 3. The van der Waals surface area contributed by atoms with Crippen LogP contribution in [0.25, 0.3) is 0 Å². The van der Waals surface area contributed by atoms with Crippen LogP contribution in [-0.2, 0) is 11.2 Å². The van der Waals surface area contributed by atoms with Gasteiger partial charge in [0.05, 0.1) is 0 Å². The van der Waals surface area contributed by atoms with Gasteiger partial charge < -0.3 is 16.2 Å². The van der Waals surface area contributed by atoms with Crippen LogP contribution in [0.5, 0.6) is 0 Å². The van der Waals surface area contributed by atoms with Gasteiger partial charge in [-0.05, 0) is 30.9 Å². The van der Waals surface area contributed by atoms with Crippen LogP contribution >= 0.6 is 0 Å². The first kappa shape index (κ1) is 12.0. The Morgan fingerprint density at radius 3 is 3.00 bits per heavy atom. The van der Waals surface area contributed by atoms with Gasteiger partial charge in [0.25, 0.3) is 5.91 Å². The van der Waals surface area contributed by atoms with Gasteiger partial charge in [-0.1, -0.05) is 6.07 Å². The van der Waals surface area contributed by atoms with Crippen molar-refractivity contribution < 1.29 is 9.90 Å². The molecule has 17 heavy (non-hydrogen) atoms. The lowest BCUT2D eigenvalue weighted by atomic mass is 10.0. The molecule has 1 aliphatic carbocycles. The summed E-state index contributed by atoms with van der Waals surface area (Å²) in [6.45, 7) is 0. The van der Waals surface area contributed by atoms with E-state index in [0.717, 1.165) is 18.4 Å². The summed E-state index contributed by atoms with van der Waals surface area (Å²) in [6.07, 6.45) is 4.63. The van der Waals surface area contributed by atoms with Crippen molar-refractivity contribution in [2.45, 2.75) is 37.5 Å². The minimum absolute atomic E-state index is 0.239. The molecule has 1 amide bonds. The standard InChI is InChI=1S/C12H17N3O2/c13-10(6-8-2-1-5-14-7-8)11(16)12(17)15-9-3-4-9/h1-2,5,7,9-11,16H,3-4,6,13H2,(H,15,17)/t10-,11?/m0/s1. The Labute approximate surface area is 100 Å².